The molecule has 0 aliphatic heterocycles. The quantitative estimate of drug-likeness (QED) is 0.169. The molecule has 9 rings (SSSR count). The maximum absolute atomic E-state index is 14.2. The Hall–Kier alpha value is -7.88. The van der Waals surface area contributed by atoms with Crippen LogP contribution in [0.4, 0.5) is 13.2 Å². The summed E-state index contributed by atoms with van der Waals surface area (Å²) in [5.41, 5.74) is 6.15. The van der Waals surface area contributed by atoms with E-state index in [2.05, 4.69) is 12.1 Å². The fraction of sp³-hybridized carbons (Fsp3) is 0.0208. The van der Waals surface area contributed by atoms with E-state index in [1.54, 1.807) is 36.4 Å². The van der Waals surface area contributed by atoms with Gasteiger partial charge in [-0.15, -0.1) is 0 Å². The minimum absolute atomic E-state index is 0.345. The van der Waals surface area contributed by atoms with E-state index in [9.17, 15) is 23.7 Å². The zero-order valence-corrected chi connectivity index (χ0v) is 29.9. The van der Waals surface area contributed by atoms with E-state index in [1.807, 2.05) is 114 Å². The summed E-state index contributed by atoms with van der Waals surface area (Å²) in [6.45, 7) is 0. The summed E-state index contributed by atoms with van der Waals surface area (Å²) in [6.07, 6.45) is -4.56. The Bertz CT molecular complexity index is 2950. The minimum atomic E-state index is -4.56. The van der Waals surface area contributed by atoms with Crippen LogP contribution in [0.3, 0.4) is 0 Å². The van der Waals surface area contributed by atoms with Crippen LogP contribution in [0, 0.1) is 22.7 Å². The summed E-state index contributed by atoms with van der Waals surface area (Å²) < 4.78 is 44.5. The van der Waals surface area contributed by atoms with Gasteiger partial charge in [0.1, 0.15) is 0 Å². The Labute approximate surface area is 325 Å². The van der Waals surface area contributed by atoms with Crippen LogP contribution in [-0.4, -0.2) is 19.5 Å². The van der Waals surface area contributed by atoms with Gasteiger partial charge in [0, 0.05) is 49.7 Å². The second kappa shape index (κ2) is 14.1. The molecular formula is C48H27F3N6. The monoisotopic (exact) mass is 744 g/mol. The van der Waals surface area contributed by atoms with E-state index in [0.29, 0.717) is 83.9 Å². The van der Waals surface area contributed by atoms with Gasteiger partial charge in [-0.05, 0) is 48.5 Å². The first-order valence-corrected chi connectivity index (χ1v) is 18.0. The fourth-order valence-corrected chi connectivity index (χ4v) is 7.37. The molecule has 9 heteroatoms. The first-order chi connectivity index (χ1) is 27.8. The number of rotatable bonds is 6. The van der Waals surface area contributed by atoms with Crippen molar-refractivity contribution in [3.63, 3.8) is 0 Å². The average Bonchev–Trinajstić information content (AvgIpc) is 3.59. The lowest BCUT2D eigenvalue weighted by Crippen LogP contribution is -2.06. The molecule has 57 heavy (non-hydrogen) atoms. The maximum Gasteiger partial charge on any atom is 0.416 e. The molecule has 0 atom stereocenters. The summed E-state index contributed by atoms with van der Waals surface area (Å²) in [5.74, 6) is 1.24. The summed E-state index contributed by atoms with van der Waals surface area (Å²) >= 11 is 0. The molecule has 0 bridgehead atoms. The third-order valence-electron chi connectivity index (χ3n) is 9.97. The molecule has 0 spiro atoms. The van der Waals surface area contributed by atoms with Crippen molar-refractivity contribution in [2.75, 3.05) is 0 Å². The van der Waals surface area contributed by atoms with Crippen LogP contribution in [0.5, 0.6) is 0 Å². The number of hydrogen-bond donors (Lipinski definition) is 0. The molecule has 2 heterocycles. The normalized spacial score (nSPS) is 11.4. The molecule has 7 aromatic carbocycles. The number of alkyl halides is 3. The van der Waals surface area contributed by atoms with Crippen LogP contribution in [0.15, 0.2) is 164 Å². The lowest BCUT2D eigenvalue weighted by atomic mass is 9.89. The molecule has 0 amide bonds. The Morgan fingerprint density at radius 3 is 1.42 bits per heavy atom. The van der Waals surface area contributed by atoms with Gasteiger partial charge in [0.2, 0.25) is 0 Å². The zero-order chi connectivity index (χ0) is 39.1. The number of para-hydroxylation sites is 1. The Kier molecular flexibility index (Phi) is 8.61. The van der Waals surface area contributed by atoms with Crippen LogP contribution in [0.2, 0.25) is 0 Å². The summed E-state index contributed by atoms with van der Waals surface area (Å²) in [6, 6.07) is 53.1. The SMILES string of the molecule is N#Cc1ccccc1-c1cc(-c2nc(-c3ccccc3)nc(-c3ccccc3)n2)cc(-c2ccccc2C#N)c1-n1c2ccccc2c2cc(C(F)(F)F)ccc21. The van der Waals surface area contributed by atoms with Crippen LogP contribution < -0.4 is 0 Å². The Balaban J connectivity index is 1.45. The topological polar surface area (TPSA) is 91.2 Å². The predicted molar refractivity (Wildman–Crippen MR) is 216 cm³/mol. The Morgan fingerprint density at radius 2 is 0.895 bits per heavy atom. The standard InChI is InChI=1S/C48H27F3N6/c49-48(50,51)35-23-24-43-39(27-35)38-21-11-12-22-42(38)57(43)44-40(36-19-9-7-17-32(36)28-52)25-34(26-41(44)37-20-10-8-18-33(37)29-53)47-55-45(30-13-3-1-4-14-30)54-46(56-47)31-15-5-2-6-16-31/h1-27H. The first kappa shape index (κ1) is 34.9. The number of aromatic nitrogens is 4. The highest BCUT2D eigenvalue weighted by Crippen LogP contribution is 2.46. The van der Waals surface area contributed by atoms with Crippen molar-refractivity contribution < 1.29 is 13.2 Å². The molecule has 0 fully saturated rings. The number of nitrogens with zero attached hydrogens (tertiary/aromatic N) is 6. The molecule has 2 aromatic heterocycles. The van der Waals surface area contributed by atoms with Gasteiger partial charge in [0.15, 0.2) is 17.5 Å². The van der Waals surface area contributed by atoms with Gasteiger partial charge in [-0.2, -0.15) is 23.7 Å². The lowest BCUT2D eigenvalue weighted by molar-refractivity contribution is -0.137. The van der Waals surface area contributed by atoms with Gasteiger partial charge < -0.3 is 4.57 Å². The third kappa shape index (κ3) is 6.24. The molecular weight excluding hydrogens is 718 g/mol. The molecule has 0 saturated carbocycles. The van der Waals surface area contributed by atoms with Crippen molar-refractivity contribution in [1.29, 1.82) is 10.5 Å². The van der Waals surface area contributed by atoms with E-state index in [0.717, 1.165) is 17.2 Å². The van der Waals surface area contributed by atoms with E-state index >= 15 is 0 Å². The number of halogens is 3. The largest absolute Gasteiger partial charge is 0.416 e. The summed E-state index contributed by atoms with van der Waals surface area (Å²) in [7, 11) is 0. The van der Waals surface area contributed by atoms with Crippen LogP contribution in [-0.2, 0) is 6.18 Å². The first-order valence-electron chi connectivity index (χ1n) is 18.0. The molecule has 270 valence electrons. The van der Waals surface area contributed by atoms with Gasteiger partial charge in [0.05, 0.1) is 45.5 Å². The van der Waals surface area contributed by atoms with Crippen molar-refractivity contribution in [3.8, 4) is 74.2 Å². The summed E-state index contributed by atoms with van der Waals surface area (Å²) in [5, 5.41) is 22.0. The van der Waals surface area contributed by atoms with E-state index in [1.165, 1.54) is 12.1 Å². The van der Waals surface area contributed by atoms with Crippen molar-refractivity contribution in [2.24, 2.45) is 0 Å². The highest BCUT2D eigenvalue weighted by atomic mass is 19.4. The molecule has 6 nitrogen and oxygen atoms in total. The van der Waals surface area contributed by atoms with Gasteiger partial charge in [-0.1, -0.05) is 115 Å². The molecule has 0 saturated heterocycles. The number of benzene rings is 7. The van der Waals surface area contributed by atoms with Gasteiger partial charge in [-0.3, -0.25) is 0 Å². The van der Waals surface area contributed by atoms with Crippen molar-refractivity contribution in [1.82, 2.24) is 19.5 Å². The maximum atomic E-state index is 14.2. The lowest BCUT2D eigenvalue weighted by Gasteiger charge is -2.22. The molecule has 9 aromatic rings. The second-order valence-corrected chi connectivity index (χ2v) is 13.4. The van der Waals surface area contributed by atoms with Crippen LogP contribution >= 0.6 is 0 Å². The van der Waals surface area contributed by atoms with Gasteiger partial charge in [-0.25, -0.2) is 15.0 Å². The average molecular weight is 745 g/mol. The van der Waals surface area contributed by atoms with Crippen LogP contribution in [0.25, 0.3) is 83.9 Å². The predicted octanol–water partition coefficient (Wildman–Crippen LogP) is 12.1. The zero-order valence-electron chi connectivity index (χ0n) is 29.9. The van der Waals surface area contributed by atoms with Gasteiger partial charge in [0.25, 0.3) is 0 Å². The van der Waals surface area contributed by atoms with Crippen molar-refractivity contribution >= 4 is 21.8 Å². The fourth-order valence-electron chi connectivity index (χ4n) is 7.37. The number of hydrogen-bond acceptors (Lipinski definition) is 5. The van der Waals surface area contributed by atoms with E-state index < -0.39 is 11.7 Å². The van der Waals surface area contributed by atoms with Crippen molar-refractivity contribution in [2.45, 2.75) is 6.18 Å². The highest BCUT2D eigenvalue weighted by molar-refractivity contribution is 6.11. The van der Waals surface area contributed by atoms with E-state index in [4.69, 9.17) is 15.0 Å². The Morgan fingerprint density at radius 1 is 0.439 bits per heavy atom. The van der Waals surface area contributed by atoms with Gasteiger partial charge >= 0.3 is 6.18 Å². The molecule has 0 unspecified atom stereocenters. The van der Waals surface area contributed by atoms with Crippen molar-refractivity contribution in [3.05, 3.63) is 180 Å². The molecule has 0 N–H and O–H groups in total. The molecule has 0 aliphatic carbocycles. The number of fused-ring (bicyclic) bond motifs is 3. The summed E-state index contributed by atoms with van der Waals surface area (Å²) in [4.78, 5) is 14.9. The third-order valence-corrected chi connectivity index (χ3v) is 9.97. The minimum Gasteiger partial charge on any atom is -0.308 e. The van der Waals surface area contributed by atoms with E-state index in [-0.39, 0.29) is 0 Å². The number of nitriles is 2. The highest BCUT2D eigenvalue weighted by Gasteiger charge is 2.32. The second-order valence-electron chi connectivity index (χ2n) is 13.4. The van der Waals surface area contributed by atoms with Crippen LogP contribution in [0.1, 0.15) is 16.7 Å². The smallest absolute Gasteiger partial charge is 0.308 e. The molecule has 0 aliphatic rings. The molecule has 0 radical (unpaired) electrons.